The van der Waals surface area contributed by atoms with Crippen molar-refractivity contribution in [3.63, 3.8) is 0 Å². The SMILES string of the molecule is O=C(CCCNC(=O)c1ccccc1)Nc1ccccc1. The third kappa shape index (κ3) is 5.10. The first-order chi connectivity index (χ1) is 10.3. The van der Waals surface area contributed by atoms with Crippen molar-refractivity contribution in [2.24, 2.45) is 0 Å². The molecule has 108 valence electrons. The van der Waals surface area contributed by atoms with E-state index in [0.717, 1.165) is 5.69 Å². The van der Waals surface area contributed by atoms with Crippen LogP contribution >= 0.6 is 0 Å². The minimum Gasteiger partial charge on any atom is -0.352 e. The summed E-state index contributed by atoms with van der Waals surface area (Å²) in [5.74, 6) is -0.158. The lowest BCUT2D eigenvalue weighted by Crippen LogP contribution is -2.25. The lowest BCUT2D eigenvalue weighted by molar-refractivity contribution is -0.116. The molecule has 0 spiro atoms. The molecule has 0 unspecified atom stereocenters. The molecule has 0 bridgehead atoms. The molecule has 2 aromatic carbocycles. The quantitative estimate of drug-likeness (QED) is 0.800. The molecular formula is C17H18N2O2. The van der Waals surface area contributed by atoms with E-state index in [1.54, 1.807) is 12.1 Å². The van der Waals surface area contributed by atoms with Crippen LogP contribution in [0.15, 0.2) is 60.7 Å². The molecule has 2 amide bonds. The topological polar surface area (TPSA) is 58.2 Å². The van der Waals surface area contributed by atoms with Crippen LogP contribution in [0.3, 0.4) is 0 Å². The Morgan fingerprint density at radius 3 is 2.14 bits per heavy atom. The summed E-state index contributed by atoms with van der Waals surface area (Å²) in [5.41, 5.74) is 1.42. The molecule has 0 fully saturated rings. The maximum Gasteiger partial charge on any atom is 0.251 e. The minimum atomic E-state index is -0.112. The van der Waals surface area contributed by atoms with E-state index in [-0.39, 0.29) is 11.8 Å². The molecule has 0 aliphatic heterocycles. The highest BCUT2D eigenvalue weighted by Gasteiger charge is 2.05. The van der Waals surface area contributed by atoms with E-state index in [9.17, 15) is 9.59 Å². The van der Waals surface area contributed by atoms with E-state index < -0.39 is 0 Å². The van der Waals surface area contributed by atoms with Crippen LogP contribution in [0, 0.1) is 0 Å². The summed E-state index contributed by atoms with van der Waals surface area (Å²) in [6, 6.07) is 18.4. The monoisotopic (exact) mass is 282 g/mol. The van der Waals surface area contributed by atoms with Gasteiger partial charge in [-0.3, -0.25) is 9.59 Å². The lowest BCUT2D eigenvalue weighted by Gasteiger charge is -2.06. The third-order valence-corrected chi connectivity index (χ3v) is 2.96. The summed E-state index contributed by atoms with van der Waals surface area (Å²) in [6.45, 7) is 0.482. The van der Waals surface area contributed by atoms with Gasteiger partial charge in [0.15, 0.2) is 0 Å². The zero-order valence-corrected chi connectivity index (χ0v) is 11.7. The Bertz CT molecular complexity index is 582. The van der Waals surface area contributed by atoms with Gasteiger partial charge in [-0.1, -0.05) is 36.4 Å². The number of rotatable bonds is 6. The molecule has 0 saturated carbocycles. The molecule has 0 radical (unpaired) electrons. The van der Waals surface area contributed by atoms with Crippen molar-refractivity contribution in [3.05, 3.63) is 66.2 Å². The highest BCUT2D eigenvalue weighted by molar-refractivity contribution is 5.94. The second-order valence-electron chi connectivity index (χ2n) is 4.64. The van der Waals surface area contributed by atoms with Crippen LogP contribution in [0.25, 0.3) is 0 Å². The van der Waals surface area contributed by atoms with Gasteiger partial charge in [-0.05, 0) is 30.7 Å². The van der Waals surface area contributed by atoms with Gasteiger partial charge in [0, 0.05) is 24.2 Å². The average molecular weight is 282 g/mol. The van der Waals surface area contributed by atoms with Crippen LogP contribution in [0.1, 0.15) is 23.2 Å². The largest absolute Gasteiger partial charge is 0.352 e. The van der Waals surface area contributed by atoms with Gasteiger partial charge in [-0.15, -0.1) is 0 Å². The molecule has 4 heteroatoms. The first-order valence-electron chi connectivity index (χ1n) is 6.94. The molecule has 0 saturated heterocycles. The van der Waals surface area contributed by atoms with Gasteiger partial charge in [0.05, 0.1) is 0 Å². The van der Waals surface area contributed by atoms with Gasteiger partial charge in [0.2, 0.25) is 5.91 Å². The Labute approximate surface area is 124 Å². The molecule has 4 nitrogen and oxygen atoms in total. The molecule has 0 aliphatic rings. The van der Waals surface area contributed by atoms with Crippen LogP contribution in [-0.4, -0.2) is 18.4 Å². The second-order valence-corrected chi connectivity index (χ2v) is 4.64. The van der Waals surface area contributed by atoms with Crippen LogP contribution in [0.2, 0.25) is 0 Å². The Balaban J connectivity index is 1.66. The molecule has 0 atom stereocenters. The van der Waals surface area contributed by atoms with Crippen molar-refractivity contribution in [2.45, 2.75) is 12.8 Å². The van der Waals surface area contributed by atoms with E-state index in [1.165, 1.54) is 0 Å². The fraction of sp³-hybridized carbons (Fsp3) is 0.176. The summed E-state index contributed by atoms with van der Waals surface area (Å²) in [6.07, 6.45) is 0.987. The summed E-state index contributed by atoms with van der Waals surface area (Å²) in [4.78, 5) is 23.5. The van der Waals surface area contributed by atoms with Crippen LogP contribution in [0.5, 0.6) is 0 Å². The van der Waals surface area contributed by atoms with E-state index in [4.69, 9.17) is 0 Å². The maximum absolute atomic E-state index is 11.8. The van der Waals surface area contributed by atoms with Crippen molar-refractivity contribution in [1.29, 1.82) is 0 Å². The Hall–Kier alpha value is -2.62. The first-order valence-corrected chi connectivity index (χ1v) is 6.94. The fourth-order valence-electron chi connectivity index (χ4n) is 1.89. The molecule has 0 aromatic heterocycles. The molecule has 2 aromatic rings. The standard InChI is InChI=1S/C17H18N2O2/c20-16(19-15-10-5-2-6-11-15)12-7-13-18-17(21)14-8-3-1-4-9-14/h1-6,8-11H,7,12-13H2,(H,18,21)(H,19,20). The first kappa shape index (κ1) is 14.8. The fourth-order valence-corrected chi connectivity index (χ4v) is 1.89. The summed E-state index contributed by atoms with van der Waals surface area (Å²) in [5, 5.41) is 5.61. The van der Waals surface area contributed by atoms with E-state index in [2.05, 4.69) is 10.6 Å². The number of amides is 2. The normalized spacial score (nSPS) is 9.90. The summed E-state index contributed by atoms with van der Waals surface area (Å²) >= 11 is 0. The van der Waals surface area contributed by atoms with Crippen molar-refractivity contribution in [1.82, 2.24) is 5.32 Å². The smallest absolute Gasteiger partial charge is 0.251 e. The Kier molecular flexibility index (Phi) is 5.52. The predicted octanol–water partition coefficient (Wildman–Crippen LogP) is 2.84. The predicted molar refractivity (Wildman–Crippen MR) is 83.1 cm³/mol. The molecule has 21 heavy (non-hydrogen) atoms. The lowest BCUT2D eigenvalue weighted by atomic mass is 10.2. The minimum absolute atomic E-state index is 0.0461. The average Bonchev–Trinajstić information content (AvgIpc) is 2.53. The molecule has 0 heterocycles. The molecular weight excluding hydrogens is 264 g/mol. The number of hydrogen-bond acceptors (Lipinski definition) is 2. The van der Waals surface area contributed by atoms with Gasteiger partial charge >= 0.3 is 0 Å². The van der Waals surface area contributed by atoms with Crippen molar-refractivity contribution in [3.8, 4) is 0 Å². The summed E-state index contributed by atoms with van der Waals surface area (Å²) < 4.78 is 0. The van der Waals surface area contributed by atoms with Crippen LogP contribution in [0.4, 0.5) is 5.69 Å². The van der Waals surface area contributed by atoms with E-state index >= 15 is 0 Å². The van der Waals surface area contributed by atoms with Gasteiger partial charge < -0.3 is 10.6 Å². The highest BCUT2D eigenvalue weighted by Crippen LogP contribution is 2.06. The number of hydrogen-bond donors (Lipinski definition) is 2. The Morgan fingerprint density at radius 2 is 1.48 bits per heavy atom. The molecule has 2 N–H and O–H groups in total. The zero-order chi connectivity index (χ0) is 14.9. The number of carbonyl (C=O) groups excluding carboxylic acids is 2. The third-order valence-electron chi connectivity index (χ3n) is 2.96. The maximum atomic E-state index is 11.8. The van der Waals surface area contributed by atoms with Gasteiger partial charge in [0.25, 0.3) is 5.91 Å². The van der Waals surface area contributed by atoms with Gasteiger partial charge in [0.1, 0.15) is 0 Å². The van der Waals surface area contributed by atoms with E-state index in [1.807, 2.05) is 48.5 Å². The van der Waals surface area contributed by atoms with E-state index in [0.29, 0.717) is 24.9 Å². The number of anilines is 1. The number of carbonyl (C=O) groups is 2. The van der Waals surface area contributed by atoms with Crippen molar-refractivity contribution in [2.75, 3.05) is 11.9 Å². The second kappa shape index (κ2) is 7.85. The Morgan fingerprint density at radius 1 is 0.857 bits per heavy atom. The highest BCUT2D eigenvalue weighted by atomic mass is 16.2. The van der Waals surface area contributed by atoms with Crippen molar-refractivity contribution < 1.29 is 9.59 Å². The summed E-state index contributed by atoms with van der Waals surface area (Å²) in [7, 11) is 0. The number of para-hydroxylation sites is 1. The van der Waals surface area contributed by atoms with Crippen LogP contribution < -0.4 is 10.6 Å². The molecule has 0 aliphatic carbocycles. The van der Waals surface area contributed by atoms with Crippen LogP contribution in [-0.2, 0) is 4.79 Å². The number of benzene rings is 2. The number of nitrogens with one attached hydrogen (secondary N) is 2. The van der Waals surface area contributed by atoms with Crippen molar-refractivity contribution >= 4 is 17.5 Å². The van der Waals surface area contributed by atoms with Gasteiger partial charge in [-0.2, -0.15) is 0 Å². The van der Waals surface area contributed by atoms with Gasteiger partial charge in [-0.25, -0.2) is 0 Å². The zero-order valence-electron chi connectivity index (χ0n) is 11.7. The molecule has 2 rings (SSSR count).